The molecule has 0 aromatic heterocycles. The Morgan fingerprint density at radius 2 is 1.73 bits per heavy atom. The van der Waals surface area contributed by atoms with Gasteiger partial charge in [0.25, 0.3) is 11.8 Å². The van der Waals surface area contributed by atoms with Gasteiger partial charge in [0, 0.05) is 27.2 Å². The van der Waals surface area contributed by atoms with Gasteiger partial charge in [0.2, 0.25) is 10.0 Å². The summed E-state index contributed by atoms with van der Waals surface area (Å²) in [6.45, 7) is 1.86. The number of amides is 2. The van der Waals surface area contributed by atoms with Crippen molar-refractivity contribution in [2.24, 2.45) is 0 Å². The molecule has 0 aliphatic carbocycles. The minimum Gasteiger partial charge on any atom is -0.378 e. The van der Waals surface area contributed by atoms with Gasteiger partial charge in [-0.1, -0.05) is 23.7 Å². The zero-order chi connectivity index (χ0) is 21.9. The number of morpholine rings is 1. The second-order valence-electron chi connectivity index (χ2n) is 6.83. The Hall–Kier alpha value is -2.46. The maximum absolute atomic E-state index is 12.9. The number of carbonyl (C=O) groups is 2. The van der Waals surface area contributed by atoms with Gasteiger partial charge in [0.1, 0.15) is 0 Å². The summed E-state index contributed by atoms with van der Waals surface area (Å²) in [5.41, 5.74) is 0.644. The minimum absolute atomic E-state index is 0.00628. The van der Waals surface area contributed by atoms with E-state index in [1.807, 2.05) is 0 Å². The van der Waals surface area contributed by atoms with Gasteiger partial charge in [-0.3, -0.25) is 9.59 Å². The Balaban J connectivity index is 1.89. The largest absolute Gasteiger partial charge is 0.378 e. The fourth-order valence-corrected chi connectivity index (χ4v) is 4.09. The zero-order valence-corrected chi connectivity index (χ0v) is 18.2. The van der Waals surface area contributed by atoms with Crippen LogP contribution in [0.3, 0.4) is 0 Å². The molecule has 1 aliphatic heterocycles. The number of carbonyl (C=O) groups excluding carboxylic acids is 2. The molecule has 160 valence electrons. The molecular formula is C20H22ClN3O5S. The number of nitrogens with zero attached hydrogens (tertiary/aromatic N) is 2. The van der Waals surface area contributed by atoms with Gasteiger partial charge >= 0.3 is 0 Å². The summed E-state index contributed by atoms with van der Waals surface area (Å²) in [4.78, 5) is 27.4. The Kier molecular flexibility index (Phi) is 6.77. The average molecular weight is 452 g/mol. The highest BCUT2D eigenvalue weighted by atomic mass is 35.5. The Labute approximate surface area is 180 Å². The predicted octanol–water partition coefficient (Wildman–Crippen LogP) is 2.32. The quantitative estimate of drug-likeness (QED) is 0.752. The van der Waals surface area contributed by atoms with E-state index in [2.05, 4.69) is 5.32 Å². The van der Waals surface area contributed by atoms with Crippen LogP contribution in [0.1, 0.15) is 20.7 Å². The molecule has 0 saturated carbocycles. The fraction of sp³-hybridized carbons (Fsp3) is 0.300. The Bertz CT molecular complexity index is 1070. The molecule has 30 heavy (non-hydrogen) atoms. The molecule has 3 rings (SSSR count). The number of hydrogen-bond donors (Lipinski definition) is 1. The molecule has 2 amide bonds. The van der Waals surface area contributed by atoms with Crippen LogP contribution in [0.25, 0.3) is 0 Å². The second kappa shape index (κ2) is 9.13. The van der Waals surface area contributed by atoms with Crippen LogP contribution in [0.5, 0.6) is 0 Å². The van der Waals surface area contributed by atoms with E-state index < -0.39 is 15.9 Å². The number of rotatable bonds is 5. The fourth-order valence-electron chi connectivity index (χ4n) is 2.95. The van der Waals surface area contributed by atoms with E-state index in [-0.39, 0.29) is 21.4 Å². The van der Waals surface area contributed by atoms with Crippen molar-refractivity contribution in [1.82, 2.24) is 9.21 Å². The summed E-state index contributed by atoms with van der Waals surface area (Å²) in [6.07, 6.45) is 0. The molecule has 0 atom stereocenters. The number of hydrogen-bond acceptors (Lipinski definition) is 5. The topological polar surface area (TPSA) is 96.0 Å². The van der Waals surface area contributed by atoms with Crippen LogP contribution < -0.4 is 5.32 Å². The van der Waals surface area contributed by atoms with Gasteiger partial charge < -0.3 is 15.0 Å². The normalized spacial score (nSPS) is 14.6. The number of para-hydroxylation sites is 1. The third-order valence-electron chi connectivity index (χ3n) is 4.66. The number of anilines is 1. The molecule has 1 fully saturated rings. The van der Waals surface area contributed by atoms with Crippen molar-refractivity contribution in [2.75, 3.05) is 45.7 Å². The summed E-state index contributed by atoms with van der Waals surface area (Å²) in [6, 6.07) is 10.6. The van der Waals surface area contributed by atoms with Gasteiger partial charge in [-0.25, -0.2) is 12.7 Å². The van der Waals surface area contributed by atoms with Crippen molar-refractivity contribution in [1.29, 1.82) is 0 Å². The molecule has 1 N–H and O–H groups in total. The minimum atomic E-state index is -3.74. The lowest BCUT2D eigenvalue weighted by atomic mass is 10.1. The van der Waals surface area contributed by atoms with E-state index in [0.29, 0.717) is 37.6 Å². The van der Waals surface area contributed by atoms with Crippen LogP contribution in [-0.4, -0.2) is 69.8 Å². The molecule has 1 saturated heterocycles. The lowest BCUT2D eigenvalue weighted by Crippen LogP contribution is -2.41. The summed E-state index contributed by atoms with van der Waals surface area (Å²) in [5.74, 6) is -0.831. The molecule has 2 aromatic carbocycles. The van der Waals surface area contributed by atoms with Crippen molar-refractivity contribution in [3.63, 3.8) is 0 Å². The van der Waals surface area contributed by atoms with Gasteiger partial charge in [-0.15, -0.1) is 0 Å². The highest BCUT2D eigenvalue weighted by molar-refractivity contribution is 7.89. The molecule has 0 bridgehead atoms. The third kappa shape index (κ3) is 4.65. The first-order valence-corrected chi connectivity index (χ1v) is 11.0. The van der Waals surface area contributed by atoms with Crippen molar-refractivity contribution in [3.8, 4) is 0 Å². The number of ether oxygens (including phenoxy) is 1. The third-order valence-corrected chi connectivity index (χ3v) is 6.81. The molecule has 10 heteroatoms. The van der Waals surface area contributed by atoms with Crippen LogP contribution in [0.4, 0.5) is 5.69 Å². The summed E-state index contributed by atoms with van der Waals surface area (Å²) in [5, 5.41) is 2.78. The van der Waals surface area contributed by atoms with Crippen molar-refractivity contribution in [3.05, 3.63) is 58.6 Å². The van der Waals surface area contributed by atoms with Crippen LogP contribution in [0, 0.1) is 0 Å². The van der Waals surface area contributed by atoms with Gasteiger partial charge in [-0.05, 0) is 30.3 Å². The summed E-state index contributed by atoms with van der Waals surface area (Å²) < 4.78 is 31.1. The first-order chi connectivity index (χ1) is 14.2. The zero-order valence-electron chi connectivity index (χ0n) is 16.6. The SMILES string of the molecule is CN(C)S(=O)(=O)c1ccc(Cl)c(C(=O)Nc2ccccc2C(=O)N2CCOCC2)c1. The average Bonchev–Trinajstić information content (AvgIpc) is 2.74. The van der Waals surface area contributed by atoms with Crippen molar-refractivity contribution in [2.45, 2.75) is 4.90 Å². The van der Waals surface area contributed by atoms with Crippen LogP contribution >= 0.6 is 11.6 Å². The second-order valence-corrected chi connectivity index (χ2v) is 9.39. The predicted molar refractivity (Wildman–Crippen MR) is 113 cm³/mol. The number of halogens is 1. The van der Waals surface area contributed by atoms with Crippen molar-refractivity contribution < 1.29 is 22.7 Å². The maximum atomic E-state index is 12.9. The standard InChI is InChI=1S/C20H22ClN3O5S/c1-23(2)30(27,28)14-7-8-17(21)16(13-14)19(25)22-18-6-4-3-5-15(18)20(26)24-9-11-29-12-10-24/h3-8,13H,9-12H2,1-2H3,(H,22,25). The van der Waals surface area contributed by atoms with Crippen LogP contribution in [0.15, 0.2) is 47.4 Å². The molecule has 1 aliphatic rings. The summed E-state index contributed by atoms with van der Waals surface area (Å²) in [7, 11) is -0.937. The first-order valence-electron chi connectivity index (χ1n) is 9.21. The molecule has 0 radical (unpaired) electrons. The van der Waals surface area contributed by atoms with E-state index in [0.717, 1.165) is 4.31 Å². The first kappa shape index (κ1) is 22.2. The highest BCUT2D eigenvalue weighted by Gasteiger charge is 2.24. The monoisotopic (exact) mass is 451 g/mol. The molecule has 1 heterocycles. The van der Waals surface area contributed by atoms with E-state index in [1.165, 1.54) is 32.3 Å². The van der Waals surface area contributed by atoms with Gasteiger partial charge in [0.15, 0.2) is 0 Å². The maximum Gasteiger partial charge on any atom is 0.257 e. The van der Waals surface area contributed by atoms with E-state index in [1.54, 1.807) is 29.2 Å². The Morgan fingerprint density at radius 3 is 2.40 bits per heavy atom. The lowest BCUT2D eigenvalue weighted by molar-refractivity contribution is 0.0303. The van der Waals surface area contributed by atoms with Crippen molar-refractivity contribution >= 4 is 39.1 Å². The van der Waals surface area contributed by atoms with E-state index in [4.69, 9.17) is 16.3 Å². The number of nitrogens with one attached hydrogen (secondary N) is 1. The molecule has 0 unspecified atom stereocenters. The van der Waals surface area contributed by atoms with Crippen LogP contribution in [0.2, 0.25) is 5.02 Å². The highest BCUT2D eigenvalue weighted by Crippen LogP contribution is 2.25. The van der Waals surface area contributed by atoms with Gasteiger partial charge in [-0.2, -0.15) is 0 Å². The Morgan fingerprint density at radius 1 is 1.07 bits per heavy atom. The van der Waals surface area contributed by atoms with E-state index >= 15 is 0 Å². The molecule has 8 nitrogen and oxygen atoms in total. The summed E-state index contributed by atoms with van der Waals surface area (Å²) >= 11 is 6.15. The lowest BCUT2D eigenvalue weighted by Gasteiger charge is -2.27. The molecular weight excluding hydrogens is 430 g/mol. The molecule has 2 aromatic rings. The van der Waals surface area contributed by atoms with Gasteiger partial charge in [0.05, 0.1) is 39.9 Å². The van der Waals surface area contributed by atoms with E-state index in [9.17, 15) is 18.0 Å². The smallest absolute Gasteiger partial charge is 0.257 e. The number of benzene rings is 2. The van der Waals surface area contributed by atoms with Crippen LogP contribution in [-0.2, 0) is 14.8 Å². The molecule has 0 spiro atoms. The number of sulfonamides is 1.